The topological polar surface area (TPSA) is 23.5 Å². The molecule has 0 bridgehead atoms. The van der Waals surface area contributed by atoms with E-state index in [-0.39, 0.29) is 24.8 Å². The minimum Gasteiger partial charge on any atom is -0.396 e. The van der Waals surface area contributed by atoms with Crippen molar-refractivity contribution < 1.29 is 18.3 Å². The van der Waals surface area contributed by atoms with Crippen LogP contribution in [0.15, 0.2) is 24.3 Å². The van der Waals surface area contributed by atoms with Crippen LogP contribution >= 0.6 is 0 Å². The van der Waals surface area contributed by atoms with E-state index in [0.29, 0.717) is 13.0 Å². The molecule has 1 aromatic carbocycles. The van der Waals surface area contributed by atoms with Crippen molar-refractivity contribution in [2.45, 2.75) is 39.0 Å². The largest absolute Gasteiger partial charge is 0.416 e. The Morgan fingerprint density at radius 1 is 1.21 bits per heavy atom. The van der Waals surface area contributed by atoms with E-state index in [1.165, 1.54) is 12.1 Å². The van der Waals surface area contributed by atoms with E-state index in [1.807, 2.05) is 18.7 Å². The standard InChI is InChI=1S/C14H20F3NO/c1-11(2)18(8-5-9-19)10-12-6-3-4-7-13(12)14(15,16)17/h3-4,6-7,11,19H,5,8-10H2,1-2H3. The summed E-state index contributed by atoms with van der Waals surface area (Å²) in [5.74, 6) is 0. The number of benzene rings is 1. The lowest BCUT2D eigenvalue weighted by molar-refractivity contribution is -0.138. The van der Waals surface area contributed by atoms with Crippen LogP contribution in [0.4, 0.5) is 13.2 Å². The molecule has 0 spiro atoms. The van der Waals surface area contributed by atoms with Crippen molar-refractivity contribution in [2.75, 3.05) is 13.2 Å². The lowest BCUT2D eigenvalue weighted by Crippen LogP contribution is -2.32. The van der Waals surface area contributed by atoms with Crippen LogP contribution in [0.1, 0.15) is 31.4 Å². The first kappa shape index (κ1) is 16.0. The second-order valence-electron chi connectivity index (χ2n) is 4.80. The number of hydrogen-bond acceptors (Lipinski definition) is 2. The molecule has 1 rings (SSSR count). The van der Waals surface area contributed by atoms with Crippen LogP contribution in [0.5, 0.6) is 0 Å². The van der Waals surface area contributed by atoms with Gasteiger partial charge in [-0.2, -0.15) is 13.2 Å². The SMILES string of the molecule is CC(C)N(CCCO)Cc1ccccc1C(F)(F)F. The predicted octanol–water partition coefficient (Wildman–Crippen LogP) is 3.30. The molecule has 0 aliphatic rings. The minimum absolute atomic E-state index is 0.0458. The monoisotopic (exact) mass is 275 g/mol. The zero-order valence-corrected chi connectivity index (χ0v) is 11.2. The summed E-state index contributed by atoms with van der Waals surface area (Å²) in [6.45, 7) is 4.75. The van der Waals surface area contributed by atoms with Crippen LogP contribution < -0.4 is 0 Å². The zero-order chi connectivity index (χ0) is 14.5. The highest BCUT2D eigenvalue weighted by atomic mass is 19.4. The van der Waals surface area contributed by atoms with E-state index in [4.69, 9.17) is 5.11 Å². The highest BCUT2D eigenvalue weighted by Gasteiger charge is 2.33. The summed E-state index contributed by atoms with van der Waals surface area (Å²) >= 11 is 0. The summed E-state index contributed by atoms with van der Waals surface area (Å²) in [4.78, 5) is 1.93. The normalized spacial score (nSPS) is 12.4. The number of hydrogen-bond donors (Lipinski definition) is 1. The van der Waals surface area contributed by atoms with Crippen molar-refractivity contribution in [3.8, 4) is 0 Å². The van der Waals surface area contributed by atoms with Gasteiger partial charge in [-0.05, 0) is 31.9 Å². The van der Waals surface area contributed by atoms with Crippen LogP contribution in [0.3, 0.4) is 0 Å². The Balaban J connectivity index is 2.90. The number of aliphatic hydroxyl groups is 1. The van der Waals surface area contributed by atoms with Crippen LogP contribution in [0, 0.1) is 0 Å². The molecule has 1 aromatic rings. The first-order valence-corrected chi connectivity index (χ1v) is 6.36. The zero-order valence-electron chi connectivity index (χ0n) is 11.2. The summed E-state index contributed by atoms with van der Waals surface area (Å²) < 4.78 is 38.7. The molecule has 0 aliphatic carbocycles. The van der Waals surface area contributed by atoms with E-state index in [2.05, 4.69) is 0 Å². The fraction of sp³-hybridized carbons (Fsp3) is 0.571. The predicted molar refractivity (Wildman–Crippen MR) is 68.7 cm³/mol. The molecule has 0 saturated heterocycles. The third-order valence-corrected chi connectivity index (χ3v) is 3.03. The molecule has 0 amide bonds. The number of alkyl halides is 3. The number of halogens is 3. The van der Waals surface area contributed by atoms with Crippen molar-refractivity contribution in [3.63, 3.8) is 0 Å². The molecule has 0 atom stereocenters. The van der Waals surface area contributed by atoms with E-state index >= 15 is 0 Å². The van der Waals surface area contributed by atoms with Gasteiger partial charge in [0, 0.05) is 25.7 Å². The second kappa shape index (κ2) is 6.91. The Kier molecular flexibility index (Phi) is 5.82. The van der Waals surface area contributed by atoms with Crippen molar-refractivity contribution in [3.05, 3.63) is 35.4 Å². The van der Waals surface area contributed by atoms with E-state index in [9.17, 15) is 13.2 Å². The molecule has 2 nitrogen and oxygen atoms in total. The molecular weight excluding hydrogens is 255 g/mol. The smallest absolute Gasteiger partial charge is 0.396 e. The summed E-state index contributed by atoms with van der Waals surface area (Å²) in [5, 5.41) is 8.84. The van der Waals surface area contributed by atoms with Crippen molar-refractivity contribution >= 4 is 0 Å². The van der Waals surface area contributed by atoms with E-state index in [0.717, 1.165) is 6.07 Å². The number of rotatable bonds is 6. The van der Waals surface area contributed by atoms with Gasteiger partial charge in [0.15, 0.2) is 0 Å². The highest BCUT2D eigenvalue weighted by Crippen LogP contribution is 2.32. The fourth-order valence-electron chi connectivity index (χ4n) is 1.95. The Morgan fingerprint density at radius 3 is 2.37 bits per heavy atom. The maximum absolute atomic E-state index is 12.9. The molecule has 19 heavy (non-hydrogen) atoms. The van der Waals surface area contributed by atoms with Gasteiger partial charge in [0.2, 0.25) is 0 Å². The van der Waals surface area contributed by atoms with Crippen molar-refractivity contribution in [1.29, 1.82) is 0 Å². The molecule has 0 fully saturated rings. The van der Waals surface area contributed by atoms with Gasteiger partial charge in [-0.15, -0.1) is 0 Å². The van der Waals surface area contributed by atoms with Gasteiger partial charge in [0.05, 0.1) is 5.56 Å². The lowest BCUT2D eigenvalue weighted by Gasteiger charge is -2.27. The van der Waals surface area contributed by atoms with Gasteiger partial charge >= 0.3 is 6.18 Å². The first-order chi connectivity index (χ1) is 8.86. The molecule has 108 valence electrons. The molecular formula is C14H20F3NO. The quantitative estimate of drug-likeness (QED) is 0.861. The molecule has 1 N–H and O–H groups in total. The summed E-state index contributed by atoms with van der Waals surface area (Å²) in [7, 11) is 0. The molecule has 0 unspecified atom stereocenters. The van der Waals surface area contributed by atoms with E-state index in [1.54, 1.807) is 6.07 Å². The molecule has 0 saturated carbocycles. The third kappa shape index (κ3) is 4.84. The second-order valence-corrected chi connectivity index (χ2v) is 4.80. The van der Waals surface area contributed by atoms with Gasteiger partial charge in [0.1, 0.15) is 0 Å². The Labute approximate surface area is 111 Å². The maximum atomic E-state index is 12.9. The van der Waals surface area contributed by atoms with Gasteiger partial charge in [-0.1, -0.05) is 18.2 Å². The lowest BCUT2D eigenvalue weighted by atomic mass is 10.1. The summed E-state index contributed by atoms with van der Waals surface area (Å²) in [6.07, 6.45) is -3.76. The van der Waals surface area contributed by atoms with Crippen LogP contribution in [-0.2, 0) is 12.7 Å². The van der Waals surface area contributed by atoms with Gasteiger partial charge in [-0.3, -0.25) is 4.90 Å². The van der Waals surface area contributed by atoms with Gasteiger partial charge < -0.3 is 5.11 Å². The third-order valence-electron chi connectivity index (χ3n) is 3.03. The molecule has 0 aromatic heterocycles. The molecule has 0 heterocycles. The van der Waals surface area contributed by atoms with Crippen LogP contribution in [-0.4, -0.2) is 29.2 Å². The first-order valence-electron chi connectivity index (χ1n) is 6.36. The number of aliphatic hydroxyl groups excluding tert-OH is 1. The minimum atomic E-state index is -4.32. The maximum Gasteiger partial charge on any atom is 0.416 e. The van der Waals surface area contributed by atoms with Crippen LogP contribution in [0.25, 0.3) is 0 Å². The van der Waals surface area contributed by atoms with Gasteiger partial charge in [-0.25, -0.2) is 0 Å². The average molecular weight is 275 g/mol. The summed E-state index contributed by atoms with van der Waals surface area (Å²) in [6, 6.07) is 5.78. The Bertz CT molecular complexity index is 391. The Morgan fingerprint density at radius 2 is 1.84 bits per heavy atom. The summed E-state index contributed by atoms with van der Waals surface area (Å²) in [5.41, 5.74) is -0.300. The molecule has 5 heteroatoms. The average Bonchev–Trinajstić information content (AvgIpc) is 2.33. The van der Waals surface area contributed by atoms with E-state index < -0.39 is 11.7 Å². The van der Waals surface area contributed by atoms with Crippen molar-refractivity contribution in [2.24, 2.45) is 0 Å². The van der Waals surface area contributed by atoms with Crippen LogP contribution in [0.2, 0.25) is 0 Å². The fourth-order valence-corrected chi connectivity index (χ4v) is 1.95. The number of nitrogens with zero attached hydrogens (tertiary/aromatic N) is 1. The van der Waals surface area contributed by atoms with Crippen molar-refractivity contribution in [1.82, 2.24) is 4.90 Å². The Hall–Kier alpha value is -1.07. The van der Waals surface area contributed by atoms with Gasteiger partial charge in [0.25, 0.3) is 0 Å². The molecule has 0 radical (unpaired) electrons. The molecule has 0 aliphatic heterocycles. The highest BCUT2D eigenvalue weighted by molar-refractivity contribution is 5.29.